The van der Waals surface area contributed by atoms with E-state index in [0.29, 0.717) is 17.1 Å². The zero-order valence-corrected chi connectivity index (χ0v) is 22.9. The Morgan fingerprint density at radius 1 is 0.974 bits per heavy atom. The minimum absolute atomic E-state index is 0.0000959. The van der Waals surface area contributed by atoms with Gasteiger partial charge in [-0.25, -0.2) is 12.8 Å². The Balaban J connectivity index is 1.98. The second-order valence-electron chi connectivity index (χ2n) is 8.73. The number of rotatable bonds is 12. The number of para-hydroxylation sites is 1. The number of carbonyl (C=O) groups is 2. The SMILES string of the molecule is CCCCNC(=O)[C@@H](C)N(Cc1ccccc1Cl)C(=O)CN(c1ccccc1)S(=O)(=O)c1ccc(F)cc1. The lowest BCUT2D eigenvalue weighted by Crippen LogP contribution is -2.51. The van der Waals surface area contributed by atoms with E-state index >= 15 is 0 Å². The fourth-order valence-electron chi connectivity index (χ4n) is 3.79. The van der Waals surface area contributed by atoms with Crippen LogP contribution >= 0.6 is 11.6 Å². The molecule has 0 heterocycles. The van der Waals surface area contributed by atoms with E-state index in [1.54, 1.807) is 61.5 Å². The van der Waals surface area contributed by atoms with Gasteiger partial charge in [0.2, 0.25) is 11.8 Å². The summed E-state index contributed by atoms with van der Waals surface area (Å²) in [6.45, 7) is 3.48. The fraction of sp³-hybridized carbons (Fsp3) is 0.286. The van der Waals surface area contributed by atoms with Crippen LogP contribution in [0.2, 0.25) is 5.02 Å². The second-order valence-corrected chi connectivity index (χ2v) is 11.0. The molecule has 0 aliphatic carbocycles. The molecule has 3 rings (SSSR count). The summed E-state index contributed by atoms with van der Waals surface area (Å²) in [4.78, 5) is 27.9. The summed E-state index contributed by atoms with van der Waals surface area (Å²) in [6, 6.07) is 18.6. The van der Waals surface area contributed by atoms with Gasteiger partial charge in [-0.15, -0.1) is 0 Å². The van der Waals surface area contributed by atoms with Crippen LogP contribution in [-0.4, -0.2) is 44.3 Å². The first kappa shape index (κ1) is 29.1. The van der Waals surface area contributed by atoms with Crippen LogP contribution < -0.4 is 9.62 Å². The van der Waals surface area contributed by atoms with Crippen LogP contribution in [0.25, 0.3) is 0 Å². The normalized spacial score (nSPS) is 12.0. The number of nitrogens with one attached hydrogen (secondary N) is 1. The molecule has 0 unspecified atom stereocenters. The molecule has 38 heavy (non-hydrogen) atoms. The Bertz CT molecular complexity index is 1340. The molecule has 3 aromatic rings. The number of amides is 2. The van der Waals surface area contributed by atoms with Crippen molar-refractivity contribution in [2.24, 2.45) is 0 Å². The van der Waals surface area contributed by atoms with E-state index < -0.39 is 34.3 Å². The molecular weight excluding hydrogens is 529 g/mol. The largest absolute Gasteiger partial charge is 0.354 e. The van der Waals surface area contributed by atoms with E-state index in [9.17, 15) is 22.4 Å². The lowest BCUT2D eigenvalue weighted by molar-refractivity contribution is -0.139. The third kappa shape index (κ3) is 7.33. The van der Waals surface area contributed by atoms with E-state index in [1.807, 2.05) is 6.92 Å². The predicted molar refractivity (Wildman–Crippen MR) is 147 cm³/mol. The van der Waals surface area contributed by atoms with Crippen LogP contribution in [0.5, 0.6) is 0 Å². The van der Waals surface area contributed by atoms with Crippen LogP contribution in [0.4, 0.5) is 10.1 Å². The van der Waals surface area contributed by atoms with Gasteiger partial charge in [0.05, 0.1) is 10.6 Å². The van der Waals surface area contributed by atoms with Gasteiger partial charge in [0.25, 0.3) is 10.0 Å². The van der Waals surface area contributed by atoms with E-state index in [2.05, 4.69) is 5.32 Å². The minimum atomic E-state index is -4.25. The quantitative estimate of drug-likeness (QED) is 0.316. The number of halogens is 2. The van der Waals surface area contributed by atoms with Crippen molar-refractivity contribution in [3.8, 4) is 0 Å². The van der Waals surface area contributed by atoms with Gasteiger partial charge < -0.3 is 10.2 Å². The highest BCUT2D eigenvalue weighted by molar-refractivity contribution is 7.92. The maximum Gasteiger partial charge on any atom is 0.264 e. The van der Waals surface area contributed by atoms with Gasteiger partial charge in [-0.2, -0.15) is 0 Å². The third-order valence-electron chi connectivity index (χ3n) is 6.02. The number of nitrogens with zero attached hydrogens (tertiary/aromatic N) is 2. The van der Waals surface area contributed by atoms with Gasteiger partial charge in [-0.05, 0) is 61.4 Å². The molecule has 7 nitrogen and oxygen atoms in total. The summed E-state index contributed by atoms with van der Waals surface area (Å²) in [5.74, 6) is -1.54. The van der Waals surface area contributed by atoms with Crippen molar-refractivity contribution < 1.29 is 22.4 Å². The number of carbonyl (C=O) groups excluding carboxylic acids is 2. The highest BCUT2D eigenvalue weighted by Crippen LogP contribution is 2.25. The molecule has 2 amide bonds. The smallest absolute Gasteiger partial charge is 0.264 e. The Morgan fingerprint density at radius 2 is 1.61 bits per heavy atom. The van der Waals surface area contributed by atoms with Crippen molar-refractivity contribution in [2.45, 2.75) is 44.2 Å². The molecule has 1 atom stereocenters. The molecule has 0 aromatic heterocycles. The fourth-order valence-corrected chi connectivity index (χ4v) is 5.40. The van der Waals surface area contributed by atoms with Gasteiger partial charge in [-0.3, -0.25) is 13.9 Å². The van der Waals surface area contributed by atoms with E-state index in [-0.39, 0.29) is 23.0 Å². The van der Waals surface area contributed by atoms with Crippen molar-refractivity contribution in [1.82, 2.24) is 10.2 Å². The van der Waals surface area contributed by atoms with Gasteiger partial charge in [0.15, 0.2) is 0 Å². The van der Waals surface area contributed by atoms with Crippen LogP contribution in [0.1, 0.15) is 32.3 Å². The summed E-state index contributed by atoms with van der Waals surface area (Å²) in [5.41, 5.74) is 0.867. The van der Waals surface area contributed by atoms with E-state index in [1.165, 1.54) is 4.90 Å². The van der Waals surface area contributed by atoms with Gasteiger partial charge in [0, 0.05) is 18.1 Å². The number of hydrogen-bond donors (Lipinski definition) is 1. The lowest BCUT2D eigenvalue weighted by atomic mass is 10.1. The molecule has 0 saturated carbocycles. The Morgan fingerprint density at radius 3 is 2.24 bits per heavy atom. The highest BCUT2D eigenvalue weighted by atomic mass is 35.5. The first-order valence-electron chi connectivity index (χ1n) is 12.3. The average molecular weight is 560 g/mol. The molecule has 0 bridgehead atoms. The average Bonchev–Trinajstić information content (AvgIpc) is 2.91. The second kappa shape index (κ2) is 13.4. The summed E-state index contributed by atoms with van der Waals surface area (Å²) in [7, 11) is -4.25. The van der Waals surface area contributed by atoms with E-state index in [4.69, 9.17) is 11.6 Å². The van der Waals surface area contributed by atoms with Crippen molar-refractivity contribution >= 4 is 39.1 Å². The zero-order valence-electron chi connectivity index (χ0n) is 21.3. The molecule has 0 fully saturated rings. The molecular formula is C28H31ClFN3O4S. The van der Waals surface area contributed by atoms with Crippen molar-refractivity contribution in [3.05, 3.63) is 95.3 Å². The Labute approximate surface area is 228 Å². The lowest BCUT2D eigenvalue weighted by Gasteiger charge is -2.32. The summed E-state index contributed by atoms with van der Waals surface area (Å²) in [6.07, 6.45) is 1.68. The summed E-state index contributed by atoms with van der Waals surface area (Å²) < 4.78 is 41.7. The predicted octanol–water partition coefficient (Wildman–Crippen LogP) is 5.01. The maximum absolute atomic E-state index is 13.8. The number of unbranched alkanes of at least 4 members (excludes halogenated alkanes) is 1. The first-order chi connectivity index (χ1) is 18.1. The van der Waals surface area contributed by atoms with Crippen LogP contribution in [0, 0.1) is 5.82 Å². The maximum atomic E-state index is 13.8. The van der Waals surface area contributed by atoms with Gasteiger partial charge in [-0.1, -0.05) is 61.3 Å². The molecule has 0 radical (unpaired) electrons. The molecule has 0 aliphatic rings. The van der Waals surface area contributed by atoms with Gasteiger partial charge >= 0.3 is 0 Å². The van der Waals surface area contributed by atoms with Crippen molar-refractivity contribution in [2.75, 3.05) is 17.4 Å². The number of benzene rings is 3. The highest BCUT2D eigenvalue weighted by Gasteiger charge is 2.32. The standard InChI is InChI=1S/C28H31ClFN3O4S/c1-3-4-18-31-28(35)21(2)32(19-22-10-8-9-13-26(22)29)27(34)20-33(24-11-6-5-7-12-24)38(36,37)25-16-14-23(30)15-17-25/h5-17,21H,3-4,18-20H2,1-2H3,(H,31,35)/t21-/m1/s1. The molecule has 202 valence electrons. The number of hydrogen-bond acceptors (Lipinski definition) is 4. The zero-order chi connectivity index (χ0) is 27.7. The number of anilines is 1. The molecule has 10 heteroatoms. The molecule has 3 aromatic carbocycles. The van der Waals surface area contributed by atoms with Crippen LogP contribution in [0.15, 0.2) is 83.8 Å². The molecule has 1 N–H and O–H groups in total. The summed E-state index contributed by atoms with van der Waals surface area (Å²) in [5, 5.41) is 3.25. The van der Waals surface area contributed by atoms with E-state index in [0.717, 1.165) is 41.4 Å². The minimum Gasteiger partial charge on any atom is -0.354 e. The van der Waals surface area contributed by atoms with Gasteiger partial charge in [0.1, 0.15) is 18.4 Å². The molecule has 0 spiro atoms. The monoisotopic (exact) mass is 559 g/mol. The van der Waals surface area contributed by atoms with Crippen LogP contribution in [0.3, 0.4) is 0 Å². The topological polar surface area (TPSA) is 86.8 Å². The van der Waals surface area contributed by atoms with Crippen molar-refractivity contribution in [1.29, 1.82) is 0 Å². The van der Waals surface area contributed by atoms with Crippen LogP contribution in [-0.2, 0) is 26.2 Å². The number of sulfonamides is 1. The van der Waals surface area contributed by atoms with Crippen molar-refractivity contribution in [3.63, 3.8) is 0 Å². The summed E-state index contributed by atoms with van der Waals surface area (Å²) >= 11 is 6.35. The Hall–Kier alpha value is -3.43. The first-order valence-corrected chi connectivity index (χ1v) is 14.1. The molecule has 0 aliphatic heterocycles. The Kier molecular flexibility index (Phi) is 10.3. The molecule has 0 saturated heterocycles. The third-order valence-corrected chi connectivity index (χ3v) is 8.18.